The summed E-state index contributed by atoms with van der Waals surface area (Å²) in [6.45, 7) is 2.31. The number of nitrogens with two attached hydrogens (primary N) is 1. The lowest BCUT2D eigenvalue weighted by Gasteiger charge is -2.36. The highest BCUT2D eigenvalue weighted by Crippen LogP contribution is 2.33. The largest absolute Gasteiger partial charge is 0.325 e. The molecule has 2 nitrogen and oxygen atoms in total. The second-order valence-corrected chi connectivity index (χ2v) is 5.65. The molecule has 2 unspecified atom stereocenters. The lowest BCUT2D eigenvalue weighted by molar-refractivity contribution is 0.235. The van der Waals surface area contributed by atoms with E-state index < -0.39 is 0 Å². The molecule has 1 fully saturated rings. The predicted octanol–water partition coefficient (Wildman–Crippen LogP) is 2.59. The van der Waals surface area contributed by atoms with Crippen LogP contribution in [0.15, 0.2) is 11.6 Å². The van der Waals surface area contributed by atoms with Crippen molar-refractivity contribution in [1.29, 1.82) is 0 Å². The van der Waals surface area contributed by atoms with Crippen LogP contribution in [0.4, 0.5) is 0 Å². The van der Waals surface area contributed by atoms with Crippen LogP contribution in [0, 0.1) is 5.92 Å². The first-order valence-corrected chi connectivity index (χ1v) is 6.23. The van der Waals surface area contributed by atoms with E-state index in [1.807, 2.05) is 11.6 Å². The Balaban J connectivity index is 2.01. The van der Waals surface area contributed by atoms with E-state index in [0.29, 0.717) is 0 Å². The van der Waals surface area contributed by atoms with Gasteiger partial charge in [-0.3, -0.25) is 0 Å². The number of nitrogens with zero attached hydrogens (tertiary/aromatic N) is 1. The third kappa shape index (κ3) is 2.34. The average Bonchev–Trinajstić information content (AvgIpc) is 2.55. The molecule has 1 aromatic rings. The van der Waals surface area contributed by atoms with E-state index in [9.17, 15) is 0 Å². The van der Waals surface area contributed by atoms with E-state index in [1.54, 1.807) is 11.3 Å². The molecule has 14 heavy (non-hydrogen) atoms. The Morgan fingerprint density at radius 1 is 1.71 bits per heavy atom. The normalized spacial score (nSPS) is 33.1. The Morgan fingerprint density at radius 2 is 2.57 bits per heavy atom. The first kappa shape index (κ1) is 10.1. The van der Waals surface area contributed by atoms with Crippen molar-refractivity contribution in [2.75, 3.05) is 0 Å². The molecule has 0 saturated heterocycles. The fraction of sp³-hybridized carbons (Fsp3) is 0.727. The van der Waals surface area contributed by atoms with Gasteiger partial charge >= 0.3 is 0 Å². The summed E-state index contributed by atoms with van der Waals surface area (Å²) in [5.41, 5.74) is 6.43. The van der Waals surface area contributed by atoms with Crippen molar-refractivity contribution in [2.45, 2.75) is 44.6 Å². The maximum Gasteiger partial charge on any atom is 0.0943 e. The summed E-state index contributed by atoms with van der Waals surface area (Å²) in [6.07, 6.45) is 7.79. The van der Waals surface area contributed by atoms with Gasteiger partial charge in [-0.05, 0) is 18.8 Å². The van der Waals surface area contributed by atoms with Crippen molar-refractivity contribution in [1.82, 2.24) is 4.98 Å². The zero-order chi connectivity index (χ0) is 10.0. The van der Waals surface area contributed by atoms with Gasteiger partial charge in [0.1, 0.15) is 0 Å². The van der Waals surface area contributed by atoms with Crippen molar-refractivity contribution in [3.8, 4) is 0 Å². The van der Waals surface area contributed by atoms with Gasteiger partial charge in [-0.15, -0.1) is 11.3 Å². The van der Waals surface area contributed by atoms with Crippen LogP contribution in [0.5, 0.6) is 0 Å². The minimum absolute atomic E-state index is 0.0233. The molecule has 1 saturated carbocycles. The van der Waals surface area contributed by atoms with Crippen LogP contribution in [-0.4, -0.2) is 10.5 Å². The monoisotopic (exact) mass is 210 g/mol. The SMILES string of the molecule is CC1CCCC(N)(Cc2nccs2)C1. The first-order valence-electron chi connectivity index (χ1n) is 5.35. The molecule has 2 N–H and O–H groups in total. The third-order valence-corrected chi connectivity index (χ3v) is 3.89. The Labute approximate surface area is 89.5 Å². The van der Waals surface area contributed by atoms with Gasteiger partial charge in [0.15, 0.2) is 0 Å². The molecule has 1 aliphatic rings. The summed E-state index contributed by atoms with van der Waals surface area (Å²) in [7, 11) is 0. The molecule has 1 heterocycles. The second-order valence-electron chi connectivity index (χ2n) is 4.67. The smallest absolute Gasteiger partial charge is 0.0943 e. The Hall–Kier alpha value is -0.410. The van der Waals surface area contributed by atoms with Gasteiger partial charge < -0.3 is 5.73 Å². The predicted molar refractivity (Wildman–Crippen MR) is 60.4 cm³/mol. The number of hydrogen-bond acceptors (Lipinski definition) is 3. The topological polar surface area (TPSA) is 38.9 Å². The molecule has 0 aromatic carbocycles. The highest BCUT2D eigenvalue weighted by atomic mass is 32.1. The van der Waals surface area contributed by atoms with Gasteiger partial charge in [0.2, 0.25) is 0 Å². The standard InChI is InChI=1S/C11H18N2S/c1-9-3-2-4-11(12,7-9)8-10-13-5-6-14-10/h5-6,9H,2-4,7-8,12H2,1H3. The molecule has 1 aromatic heterocycles. The van der Waals surface area contributed by atoms with Gasteiger partial charge in [-0.25, -0.2) is 4.98 Å². The number of aromatic nitrogens is 1. The quantitative estimate of drug-likeness (QED) is 0.815. The van der Waals surface area contributed by atoms with E-state index in [4.69, 9.17) is 5.73 Å². The second kappa shape index (κ2) is 3.99. The lowest BCUT2D eigenvalue weighted by Crippen LogP contribution is -2.45. The lowest BCUT2D eigenvalue weighted by atomic mass is 9.75. The maximum absolute atomic E-state index is 6.41. The van der Waals surface area contributed by atoms with E-state index in [1.165, 1.54) is 17.8 Å². The van der Waals surface area contributed by atoms with Crippen molar-refractivity contribution < 1.29 is 0 Å². The Bertz CT molecular complexity index is 283. The van der Waals surface area contributed by atoms with Crippen LogP contribution in [-0.2, 0) is 6.42 Å². The average molecular weight is 210 g/mol. The Kier molecular flexibility index (Phi) is 2.88. The zero-order valence-electron chi connectivity index (χ0n) is 8.70. The molecule has 1 aliphatic carbocycles. The van der Waals surface area contributed by atoms with E-state index in [2.05, 4.69) is 11.9 Å². The minimum Gasteiger partial charge on any atom is -0.325 e. The van der Waals surface area contributed by atoms with E-state index in [-0.39, 0.29) is 5.54 Å². The van der Waals surface area contributed by atoms with Crippen LogP contribution < -0.4 is 5.73 Å². The summed E-state index contributed by atoms with van der Waals surface area (Å²) >= 11 is 1.73. The molecular weight excluding hydrogens is 192 g/mol. The third-order valence-electron chi connectivity index (χ3n) is 3.11. The van der Waals surface area contributed by atoms with Crippen molar-refractivity contribution in [3.05, 3.63) is 16.6 Å². The van der Waals surface area contributed by atoms with Crippen LogP contribution in [0.25, 0.3) is 0 Å². The van der Waals surface area contributed by atoms with Crippen molar-refractivity contribution in [2.24, 2.45) is 11.7 Å². The molecular formula is C11H18N2S. The van der Waals surface area contributed by atoms with Crippen LogP contribution in [0.2, 0.25) is 0 Å². The summed E-state index contributed by atoms with van der Waals surface area (Å²) in [6, 6.07) is 0. The minimum atomic E-state index is 0.0233. The molecule has 0 amide bonds. The zero-order valence-corrected chi connectivity index (χ0v) is 9.52. The molecule has 0 spiro atoms. The fourth-order valence-electron chi connectivity index (χ4n) is 2.50. The van der Waals surface area contributed by atoms with Gasteiger partial charge in [0.05, 0.1) is 5.01 Å². The maximum atomic E-state index is 6.41. The van der Waals surface area contributed by atoms with Crippen molar-refractivity contribution >= 4 is 11.3 Å². The van der Waals surface area contributed by atoms with Crippen LogP contribution >= 0.6 is 11.3 Å². The molecule has 0 radical (unpaired) electrons. The molecule has 78 valence electrons. The molecule has 0 aliphatic heterocycles. The number of thiazole rings is 1. The first-order chi connectivity index (χ1) is 6.68. The molecule has 2 atom stereocenters. The van der Waals surface area contributed by atoms with Crippen molar-refractivity contribution in [3.63, 3.8) is 0 Å². The Morgan fingerprint density at radius 3 is 3.21 bits per heavy atom. The van der Waals surface area contributed by atoms with E-state index >= 15 is 0 Å². The highest BCUT2D eigenvalue weighted by molar-refractivity contribution is 7.09. The summed E-state index contributed by atoms with van der Waals surface area (Å²) in [5.74, 6) is 0.786. The fourth-order valence-corrected chi connectivity index (χ4v) is 3.27. The summed E-state index contributed by atoms with van der Waals surface area (Å²) in [4.78, 5) is 4.32. The van der Waals surface area contributed by atoms with Gasteiger partial charge in [0.25, 0.3) is 0 Å². The van der Waals surface area contributed by atoms with Gasteiger partial charge in [0, 0.05) is 23.5 Å². The molecule has 2 rings (SSSR count). The van der Waals surface area contributed by atoms with Gasteiger partial charge in [-0.2, -0.15) is 0 Å². The van der Waals surface area contributed by atoms with Crippen LogP contribution in [0.3, 0.4) is 0 Å². The summed E-state index contributed by atoms with van der Waals surface area (Å²) in [5, 5.41) is 3.23. The molecule has 0 bridgehead atoms. The molecule has 3 heteroatoms. The van der Waals surface area contributed by atoms with E-state index in [0.717, 1.165) is 25.2 Å². The van der Waals surface area contributed by atoms with Gasteiger partial charge in [-0.1, -0.05) is 19.8 Å². The highest BCUT2D eigenvalue weighted by Gasteiger charge is 2.31. The summed E-state index contributed by atoms with van der Waals surface area (Å²) < 4.78 is 0. The number of rotatable bonds is 2. The number of hydrogen-bond donors (Lipinski definition) is 1. The van der Waals surface area contributed by atoms with Crippen LogP contribution in [0.1, 0.15) is 37.6 Å².